The first-order valence-corrected chi connectivity index (χ1v) is 7.10. The van der Waals surface area contributed by atoms with Crippen molar-refractivity contribution in [3.8, 4) is 0 Å². The Bertz CT molecular complexity index is 485. The van der Waals surface area contributed by atoms with E-state index in [0.29, 0.717) is 6.54 Å². The molecule has 1 heterocycles. The van der Waals surface area contributed by atoms with Crippen molar-refractivity contribution in [1.29, 1.82) is 0 Å². The van der Waals surface area contributed by atoms with Gasteiger partial charge >= 0.3 is 0 Å². The molecular formula is C11H16N2O3S. The lowest BCUT2D eigenvalue weighted by Crippen LogP contribution is -2.38. The van der Waals surface area contributed by atoms with Gasteiger partial charge in [-0.1, -0.05) is 6.07 Å². The zero-order chi connectivity index (χ0) is 13.1. The van der Waals surface area contributed by atoms with Gasteiger partial charge in [0, 0.05) is 32.2 Å². The molecule has 0 saturated carbocycles. The topological polar surface area (TPSA) is 67.3 Å². The molecule has 0 radical (unpaired) electrons. The molecule has 1 atom stereocenters. The Morgan fingerprint density at radius 1 is 1.53 bits per heavy atom. The number of nitrogens with zero attached hydrogens (tertiary/aromatic N) is 2. The third-order valence-electron chi connectivity index (χ3n) is 2.51. The molecule has 0 saturated heterocycles. The lowest BCUT2D eigenvalue weighted by atomic mass is 10.2. The number of sulfone groups is 1. The average Bonchev–Trinajstić information content (AvgIpc) is 2.27. The van der Waals surface area contributed by atoms with E-state index in [1.54, 1.807) is 25.5 Å². The summed E-state index contributed by atoms with van der Waals surface area (Å²) in [6.45, 7) is 1.75. The minimum atomic E-state index is -3.35. The van der Waals surface area contributed by atoms with Crippen LogP contribution in [0.3, 0.4) is 0 Å². The summed E-state index contributed by atoms with van der Waals surface area (Å²) in [5.74, 6) is -0.406. The van der Waals surface area contributed by atoms with Gasteiger partial charge in [-0.3, -0.25) is 9.78 Å². The maximum atomic E-state index is 11.8. The van der Waals surface area contributed by atoms with Gasteiger partial charge in [0.25, 0.3) is 0 Å². The standard InChI is InChI=1S/C11H16N2O3S/c1-9(17(3,15)16)11(14)13(2)8-10-5-4-6-12-7-10/h4-7,9H,8H2,1-3H3/t9-/m0/s1. The second-order valence-electron chi connectivity index (χ2n) is 4.03. The predicted molar refractivity (Wildman–Crippen MR) is 65.0 cm³/mol. The van der Waals surface area contributed by atoms with Crippen LogP contribution in [0.5, 0.6) is 0 Å². The monoisotopic (exact) mass is 256 g/mol. The van der Waals surface area contributed by atoms with Crippen LogP contribution in [0.2, 0.25) is 0 Å². The van der Waals surface area contributed by atoms with E-state index in [1.807, 2.05) is 6.07 Å². The number of rotatable bonds is 4. The fraction of sp³-hybridized carbons (Fsp3) is 0.455. The predicted octanol–water partition coefficient (Wildman–Crippen LogP) is 0.473. The van der Waals surface area contributed by atoms with E-state index in [-0.39, 0.29) is 0 Å². The van der Waals surface area contributed by atoms with Crippen LogP contribution < -0.4 is 0 Å². The fourth-order valence-electron chi connectivity index (χ4n) is 1.34. The number of pyridine rings is 1. The highest BCUT2D eigenvalue weighted by molar-refractivity contribution is 7.92. The normalized spacial score (nSPS) is 13.1. The first-order chi connectivity index (χ1) is 7.82. The van der Waals surface area contributed by atoms with E-state index in [9.17, 15) is 13.2 Å². The third-order valence-corrected chi connectivity index (χ3v) is 3.99. The van der Waals surface area contributed by atoms with Gasteiger partial charge < -0.3 is 4.90 Å². The molecule has 0 aliphatic rings. The zero-order valence-electron chi connectivity index (χ0n) is 10.1. The number of amides is 1. The maximum Gasteiger partial charge on any atom is 0.240 e. The van der Waals surface area contributed by atoms with Gasteiger partial charge in [-0.25, -0.2) is 8.42 Å². The second-order valence-corrected chi connectivity index (χ2v) is 6.39. The summed E-state index contributed by atoms with van der Waals surface area (Å²) in [4.78, 5) is 17.1. The summed E-state index contributed by atoms with van der Waals surface area (Å²) in [5.41, 5.74) is 0.865. The van der Waals surface area contributed by atoms with Gasteiger partial charge in [0.05, 0.1) is 0 Å². The van der Waals surface area contributed by atoms with Crippen LogP contribution in [0, 0.1) is 0 Å². The van der Waals surface area contributed by atoms with Gasteiger partial charge in [0.1, 0.15) is 5.25 Å². The molecule has 1 aromatic rings. The number of hydrogen-bond acceptors (Lipinski definition) is 4. The van der Waals surface area contributed by atoms with Crippen molar-refractivity contribution in [3.63, 3.8) is 0 Å². The molecule has 94 valence electrons. The largest absolute Gasteiger partial charge is 0.340 e. The molecule has 6 heteroatoms. The van der Waals surface area contributed by atoms with Crippen molar-refractivity contribution < 1.29 is 13.2 Å². The molecule has 0 bridgehead atoms. The van der Waals surface area contributed by atoms with Crippen LogP contribution in [0.15, 0.2) is 24.5 Å². The van der Waals surface area contributed by atoms with Crippen LogP contribution in [-0.2, 0) is 21.2 Å². The Morgan fingerprint density at radius 3 is 2.65 bits per heavy atom. The molecule has 0 unspecified atom stereocenters. The lowest BCUT2D eigenvalue weighted by molar-refractivity contribution is -0.129. The molecule has 5 nitrogen and oxygen atoms in total. The highest BCUT2D eigenvalue weighted by Crippen LogP contribution is 2.06. The van der Waals surface area contributed by atoms with Crippen LogP contribution in [0.1, 0.15) is 12.5 Å². The van der Waals surface area contributed by atoms with Gasteiger partial charge in [-0.05, 0) is 18.6 Å². The number of carbonyl (C=O) groups excluding carboxylic acids is 1. The molecular weight excluding hydrogens is 240 g/mol. The first kappa shape index (κ1) is 13.6. The molecule has 0 spiro atoms. The molecule has 1 rings (SSSR count). The molecule has 0 fully saturated rings. The molecule has 0 aromatic carbocycles. The summed E-state index contributed by atoms with van der Waals surface area (Å²) in [7, 11) is -1.77. The second kappa shape index (κ2) is 5.27. The summed E-state index contributed by atoms with van der Waals surface area (Å²) < 4.78 is 22.5. The summed E-state index contributed by atoms with van der Waals surface area (Å²) in [6, 6.07) is 3.61. The van der Waals surface area contributed by atoms with E-state index in [1.165, 1.54) is 11.8 Å². The third kappa shape index (κ3) is 3.81. The minimum absolute atomic E-state index is 0.354. The van der Waals surface area contributed by atoms with Crippen molar-refractivity contribution in [2.24, 2.45) is 0 Å². The Kier molecular flexibility index (Phi) is 4.22. The van der Waals surface area contributed by atoms with Gasteiger partial charge in [-0.15, -0.1) is 0 Å². The number of aromatic nitrogens is 1. The Labute approximate surface area is 101 Å². The van der Waals surface area contributed by atoms with Crippen molar-refractivity contribution in [1.82, 2.24) is 9.88 Å². The first-order valence-electron chi connectivity index (χ1n) is 5.15. The molecule has 17 heavy (non-hydrogen) atoms. The number of carbonyl (C=O) groups is 1. The fourth-order valence-corrected chi connectivity index (χ4v) is 1.88. The van der Waals surface area contributed by atoms with Crippen LogP contribution in [-0.4, -0.2) is 42.8 Å². The van der Waals surface area contributed by atoms with E-state index in [0.717, 1.165) is 11.8 Å². The quantitative estimate of drug-likeness (QED) is 0.785. The van der Waals surface area contributed by atoms with Crippen molar-refractivity contribution in [2.45, 2.75) is 18.7 Å². The average molecular weight is 256 g/mol. The zero-order valence-corrected chi connectivity index (χ0v) is 10.9. The molecule has 0 N–H and O–H groups in total. The highest BCUT2D eigenvalue weighted by Gasteiger charge is 2.26. The van der Waals surface area contributed by atoms with E-state index in [4.69, 9.17) is 0 Å². The Balaban J connectivity index is 2.72. The van der Waals surface area contributed by atoms with Crippen LogP contribution in [0.25, 0.3) is 0 Å². The summed E-state index contributed by atoms with van der Waals surface area (Å²) >= 11 is 0. The van der Waals surface area contributed by atoms with Crippen LogP contribution in [0.4, 0.5) is 0 Å². The SMILES string of the molecule is C[C@@H](C(=O)N(C)Cc1cccnc1)S(C)(=O)=O. The van der Waals surface area contributed by atoms with E-state index >= 15 is 0 Å². The van der Waals surface area contributed by atoms with Crippen molar-refractivity contribution in [2.75, 3.05) is 13.3 Å². The Morgan fingerprint density at radius 2 is 2.18 bits per heavy atom. The Hall–Kier alpha value is -1.43. The van der Waals surface area contributed by atoms with Crippen molar-refractivity contribution in [3.05, 3.63) is 30.1 Å². The van der Waals surface area contributed by atoms with E-state index < -0.39 is 21.0 Å². The summed E-state index contributed by atoms with van der Waals surface area (Å²) in [5, 5.41) is -1.01. The molecule has 0 aliphatic carbocycles. The van der Waals surface area contributed by atoms with E-state index in [2.05, 4.69) is 4.98 Å². The molecule has 1 amide bonds. The summed E-state index contributed by atoms with van der Waals surface area (Å²) in [6.07, 6.45) is 4.35. The number of hydrogen-bond donors (Lipinski definition) is 0. The molecule has 1 aromatic heterocycles. The molecule has 0 aliphatic heterocycles. The lowest BCUT2D eigenvalue weighted by Gasteiger charge is -2.20. The van der Waals surface area contributed by atoms with Gasteiger partial charge in [-0.2, -0.15) is 0 Å². The van der Waals surface area contributed by atoms with Gasteiger partial charge in [0.15, 0.2) is 9.84 Å². The van der Waals surface area contributed by atoms with Crippen LogP contribution >= 0.6 is 0 Å². The van der Waals surface area contributed by atoms with Crippen molar-refractivity contribution >= 4 is 15.7 Å². The smallest absolute Gasteiger partial charge is 0.240 e. The van der Waals surface area contributed by atoms with Gasteiger partial charge in [0.2, 0.25) is 5.91 Å². The maximum absolute atomic E-state index is 11.8. The highest BCUT2D eigenvalue weighted by atomic mass is 32.2. The minimum Gasteiger partial charge on any atom is -0.340 e.